The quantitative estimate of drug-likeness (QED) is 0.624. The van der Waals surface area contributed by atoms with Gasteiger partial charge in [0.2, 0.25) is 0 Å². The van der Waals surface area contributed by atoms with Crippen molar-refractivity contribution in [3.63, 3.8) is 0 Å². The van der Waals surface area contributed by atoms with Crippen molar-refractivity contribution in [1.29, 1.82) is 10.5 Å². The summed E-state index contributed by atoms with van der Waals surface area (Å²) in [5.41, 5.74) is 0. The van der Waals surface area contributed by atoms with Gasteiger partial charge in [-0.25, -0.2) is 0 Å². The van der Waals surface area contributed by atoms with E-state index in [4.69, 9.17) is 15.6 Å². The number of aliphatic carboxylic acids is 1. The van der Waals surface area contributed by atoms with Crippen LogP contribution >= 0.6 is 0 Å². The summed E-state index contributed by atoms with van der Waals surface area (Å²) < 4.78 is 0. The third kappa shape index (κ3) is 232. The zero-order chi connectivity index (χ0) is 10.4. The molecule has 0 aromatic heterocycles. The summed E-state index contributed by atoms with van der Waals surface area (Å²) in [5.74, 6) is -0.822. The molecule has 5 heteroatoms. The van der Waals surface area contributed by atoms with Gasteiger partial charge in [0, 0.05) is 13.8 Å². The lowest BCUT2D eigenvalue weighted by atomic mass is 10.7. The van der Waals surface area contributed by atoms with E-state index in [2.05, 4.69) is 5.32 Å². The van der Waals surface area contributed by atoms with Crippen molar-refractivity contribution in [2.45, 2.75) is 13.8 Å². The van der Waals surface area contributed by atoms with Gasteiger partial charge < -0.3 is 10.4 Å². The highest BCUT2D eigenvalue weighted by atomic mass is 16.4. The third-order valence-corrected chi connectivity index (χ3v) is 0.328. The van der Waals surface area contributed by atoms with Crippen LogP contribution in [0, 0.1) is 22.7 Å². The first-order valence-electron chi connectivity index (χ1n) is 3.08. The molecule has 0 heterocycles. The maximum absolute atomic E-state index is 9.54. The Bertz CT molecular complexity index is 154. The van der Waals surface area contributed by atoms with E-state index in [1.54, 1.807) is 19.2 Å². The zero-order valence-corrected chi connectivity index (χ0v) is 7.46. The van der Waals surface area contributed by atoms with Crippen LogP contribution in [0.1, 0.15) is 13.8 Å². The minimum absolute atomic E-state index is 0.0417. The SMILES string of the molecule is CC#N.CC#N.CNCC(=O)O. The number of nitrogens with one attached hydrogen (secondary N) is 1. The number of nitrogens with zero attached hydrogens (tertiary/aromatic N) is 2. The first kappa shape index (κ1) is 16.8. The van der Waals surface area contributed by atoms with Crippen molar-refractivity contribution in [3.05, 3.63) is 0 Å². The van der Waals surface area contributed by atoms with Crippen LogP contribution in [0.2, 0.25) is 0 Å². The third-order valence-electron chi connectivity index (χ3n) is 0.328. The second-order valence-electron chi connectivity index (χ2n) is 1.37. The van der Waals surface area contributed by atoms with Gasteiger partial charge in [0.1, 0.15) is 0 Å². The Labute approximate surface area is 72.2 Å². The number of carbonyl (C=O) groups is 1. The van der Waals surface area contributed by atoms with E-state index in [1.165, 1.54) is 13.8 Å². The van der Waals surface area contributed by atoms with Gasteiger partial charge in [-0.3, -0.25) is 4.79 Å². The average Bonchev–Trinajstić information content (AvgIpc) is 1.89. The molecule has 0 radical (unpaired) electrons. The normalized spacial score (nSPS) is 5.42. The molecule has 0 fully saturated rings. The number of hydrogen-bond acceptors (Lipinski definition) is 4. The molecule has 0 atom stereocenters. The van der Waals surface area contributed by atoms with Crippen LogP contribution in [0.15, 0.2) is 0 Å². The highest BCUT2D eigenvalue weighted by molar-refractivity contribution is 5.68. The topological polar surface area (TPSA) is 96.9 Å². The highest BCUT2D eigenvalue weighted by Crippen LogP contribution is 1.50. The standard InChI is InChI=1S/C3H7NO2.2C2H3N/c1-4-2-3(5)6;2*1-2-3/h4H,2H2,1H3,(H,5,6);2*1H3. The molecule has 0 bridgehead atoms. The molecule has 0 amide bonds. The van der Waals surface area contributed by atoms with Crippen molar-refractivity contribution in [1.82, 2.24) is 5.32 Å². The Hall–Kier alpha value is -1.59. The molecule has 0 aromatic carbocycles. The summed E-state index contributed by atoms with van der Waals surface area (Å²) in [6.45, 7) is 2.90. The monoisotopic (exact) mass is 171 g/mol. The number of hydrogen-bond donors (Lipinski definition) is 2. The lowest BCUT2D eigenvalue weighted by molar-refractivity contribution is -0.135. The summed E-state index contributed by atoms with van der Waals surface area (Å²) in [7, 11) is 1.59. The molecule has 0 rings (SSSR count). The van der Waals surface area contributed by atoms with Crippen molar-refractivity contribution in [3.8, 4) is 12.1 Å². The van der Waals surface area contributed by atoms with Gasteiger partial charge in [0.25, 0.3) is 0 Å². The van der Waals surface area contributed by atoms with Crippen molar-refractivity contribution in [2.24, 2.45) is 0 Å². The molecule has 0 unspecified atom stereocenters. The van der Waals surface area contributed by atoms with Gasteiger partial charge >= 0.3 is 5.97 Å². The molecule has 0 saturated carbocycles. The van der Waals surface area contributed by atoms with E-state index in [-0.39, 0.29) is 6.54 Å². The van der Waals surface area contributed by atoms with Gasteiger partial charge in [0.05, 0.1) is 18.7 Å². The summed E-state index contributed by atoms with van der Waals surface area (Å²) in [4.78, 5) is 9.54. The van der Waals surface area contributed by atoms with Crippen LogP contribution in [0.4, 0.5) is 0 Å². The molecule has 2 N–H and O–H groups in total. The van der Waals surface area contributed by atoms with E-state index < -0.39 is 5.97 Å². The Balaban J connectivity index is -0.000000115. The molecule has 0 aliphatic carbocycles. The summed E-state index contributed by atoms with van der Waals surface area (Å²) >= 11 is 0. The second kappa shape index (κ2) is 22.7. The van der Waals surface area contributed by atoms with Crippen molar-refractivity contribution < 1.29 is 9.90 Å². The zero-order valence-electron chi connectivity index (χ0n) is 7.46. The van der Waals surface area contributed by atoms with E-state index in [1.807, 2.05) is 0 Å². The Kier molecular flexibility index (Phi) is 31.8. The molecule has 12 heavy (non-hydrogen) atoms. The fourth-order valence-corrected chi connectivity index (χ4v) is 0.151. The lowest BCUT2D eigenvalue weighted by Gasteiger charge is -1.84. The van der Waals surface area contributed by atoms with Gasteiger partial charge in [-0.2, -0.15) is 10.5 Å². The van der Waals surface area contributed by atoms with Gasteiger partial charge in [-0.15, -0.1) is 0 Å². The Morgan fingerprint density at radius 1 is 1.42 bits per heavy atom. The van der Waals surface area contributed by atoms with Crippen LogP contribution < -0.4 is 5.32 Å². The highest BCUT2D eigenvalue weighted by Gasteiger charge is 1.86. The van der Waals surface area contributed by atoms with E-state index in [9.17, 15) is 4.79 Å². The number of carboxylic acid groups (broad SMARTS) is 1. The molecule has 0 aliphatic heterocycles. The van der Waals surface area contributed by atoms with Crippen LogP contribution in [0.5, 0.6) is 0 Å². The maximum Gasteiger partial charge on any atom is 0.317 e. The van der Waals surface area contributed by atoms with Crippen LogP contribution in [0.3, 0.4) is 0 Å². The Morgan fingerprint density at radius 3 is 1.67 bits per heavy atom. The average molecular weight is 171 g/mol. The van der Waals surface area contributed by atoms with Crippen LogP contribution in [0.25, 0.3) is 0 Å². The predicted molar refractivity (Wildman–Crippen MR) is 44.1 cm³/mol. The Morgan fingerprint density at radius 2 is 1.67 bits per heavy atom. The number of nitriles is 2. The smallest absolute Gasteiger partial charge is 0.317 e. The number of likely N-dealkylation sites (N-methyl/N-ethyl adjacent to an activating group) is 1. The number of rotatable bonds is 2. The maximum atomic E-state index is 9.54. The number of carboxylic acids is 1. The summed E-state index contributed by atoms with van der Waals surface area (Å²) in [5, 5.41) is 25.0. The van der Waals surface area contributed by atoms with Crippen LogP contribution in [-0.2, 0) is 4.79 Å². The lowest BCUT2D eigenvalue weighted by Crippen LogP contribution is -2.16. The van der Waals surface area contributed by atoms with Crippen LogP contribution in [-0.4, -0.2) is 24.7 Å². The minimum Gasteiger partial charge on any atom is -0.480 e. The molecule has 68 valence electrons. The van der Waals surface area contributed by atoms with E-state index in [0.717, 1.165) is 0 Å². The molecular weight excluding hydrogens is 158 g/mol. The van der Waals surface area contributed by atoms with Gasteiger partial charge in [0.15, 0.2) is 0 Å². The minimum atomic E-state index is -0.822. The molecule has 0 saturated heterocycles. The largest absolute Gasteiger partial charge is 0.480 e. The molecule has 0 aromatic rings. The van der Waals surface area contributed by atoms with E-state index >= 15 is 0 Å². The fraction of sp³-hybridized carbons (Fsp3) is 0.571. The molecular formula is C7H13N3O2. The molecule has 5 nitrogen and oxygen atoms in total. The predicted octanol–water partition coefficient (Wildman–Crippen LogP) is 0.350. The van der Waals surface area contributed by atoms with E-state index in [0.29, 0.717) is 0 Å². The fourth-order valence-electron chi connectivity index (χ4n) is 0.151. The second-order valence-corrected chi connectivity index (χ2v) is 1.37. The summed E-state index contributed by atoms with van der Waals surface area (Å²) in [6.07, 6.45) is 0. The van der Waals surface area contributed by atoms with Gasteiger partial charge in [-0.1, -0.05) is 0 Å². The first-order valence-corrected chi connectivity index (χ1v) is 3.08. The molecule has 0 aliphatic rings. The van der Waals surface area contributed by atoms with Gasteiger partial charge in [-0.05, 0) is 7.05 Å². The van der Waals surface area contributed by atoms with Crippen molar-refractivity contribution in [2.75, 3.05) is 13.6 Å². The molecule has 0 spiro atoms. The summed E-state index contributed by atoms with van der Waals surface area (Å²) in [6, 6.07) is 3.50. The first-order chi connectivity index (χ1) is 5.60. The van der Waals surface area contributed by atoms with Crippen molar-refractivity contribution >= 4 is 5.97 Å².